The van der Waals surface area contributed by atoms with Crippen LogP contribution in [0.5, 0.6) is 0 Å². The second-order valence-electron chi connectivity index (χ2n) is 8.33. The monoisotopic (exact) mass is 470 g/mol. The summed E-state index contributed by atoms with van der Waals surface area (Å²) in [7, 11) is 0. The zero-order chi connectivity index (χ0) is 23.7. The van der Waals surface area contributed by atoms with Crippen LogP contribution in [0.4, 0.5) is 11.5 Å². The summed E-state index contributed by atoms with van der Waals surface area (Å²) in [5.41, 5.74) is 12.0. The van der Waals surface area contributed by atoms with Crippen molar-refractivity contribution >= 4 is 29.0 Å². The van der Waals surface area contributed by atoms with Crippen LogP contribution in [-0.2, 0) is 24.1 Å². The number of aliphatic hydroxyl groups is 1. The van der Waals surface area contributed by atoms with Crippen LogP contribution >= 0.6 is 11.6 Å². The maximum atomic E-state index is 12.9. The molecule has 0 aliphatic heterocycles. The van der Waals surface area contributed by atoms with Crippen molar-refractivity contribution in [3.05, 3.63) is 106 Å². The van der Waals surface area contributed by atoms with Crippen LogP contribution in [0.1, 0.15) is 34.2 Å². The number of fused-ring (bicyclic) bond motifs is 3. The Balaban J connectivity index is 1.54. The molecular weight excluding hydrogens is 448 g/mol. The maximum Gasteiger partial charge on any atom is 0.229 e. The molecule has 0 radical (unpaired) electrons. The first kappa shape index (κ1) is 22.1. The fourth-order valence-electron chi connectivity index (χ4n) is 4.22. The Bertz CT molecular complexity index is 1360. The van der Waals surface area contributed by atoms with Gasteiger partial charge in [-0.3, -0.25) is 4.79 Å². The largest absolute Gasteiger partial charge is 0.399 e. The number of nitrogen functional groups attached to an aromatic ring is 1. The van der Waals surface area contributed by atoms with Crippen molar-refractivity contribution in [1.82, 2.24) is 9.97 Å². The third-order valence-corrected chi connectivity index (χ3v) is 6.17. The molecule has 1 aliphatic rings. The Morgan fingerprint density at radius 1 is 1.03 bits per heavy atom. The minimum Gasteiger partial charge on any atom is -0.399 e. The summed E-state index contributed by atoms with van der Waals surface area (Å²) in [5.74, 6) is 0.0232. The van der Waals surface area contributed by atoms with E-state index in [1.54, 1.807) is 12.1 Å². The van der Waals surface area contributed by atoms with E-state index in [2.05, 4.69) is 5.32 Å². The van der Waals surface area contributed by atoms with Crippen LogP contribution in [0.15, 0.2) is 72.8 Å². The van der Waals surface area contributed by atoms with E-state index in [-0.39, 0.29) is 18.1 Å². The van der Waals surface area contributed by atoms with E-state index >= 15 is 0 Å². The average Bonchev–Trinajstić information content (AvgIpc) is 2.85. The van der Waals surface area contributed by atoms with E-state index in [1.165, 1.54) is 0 Å². The van der Waals surface area contributed by atoms with Gasteiger partial charge in [-0.15, -0.1) is 0 Å². The van der Waals surface area contributed by atoms with Gasteiger partial charge in [-0.1, -0.05) is 60.1 Å². The predicted molar refractivity (Wildman–Crippen MR) is 134 cm³/mol. The first-order chi connectivity index (χ1) is 16.5. The summed E-state index contributed by atoms with van der Waals surface area (Å²) >= 11 is 5.95. The molecule has 0 spiro atoms. The Kier molecular flexibility index (Phi) is 6.01. The minimum atomic E-state index is -1.05. The van der Waals surface area contributed by atoms with Crippen molar-refractivity contribution in [2.24, 2.45) is 0 Å². The molecule has 1 aliphatic carbocycles. The zero-order valence-corrected chi connectivity index (χ0v) is 19.1. The highest BCUT2D eigenvalue weighted by Crippen LogP contribution is 2.36. The summed E-state index contributed by atoms with van der Waals surface area (Å²) in [5, 5.41) is 14.7. The molecule has 1 amide bonds. The summed E-state index contributed by atoms with van der Waals surface area (Å²) in [6.45, 7) is 0. The van der Waals surface area contributed by atoms with E-state index in [9.17, 15) is 9.90 Å². The number of aliphatic hydroxyl groups excluding tert-OH is 1. The second-order valence-corrected chi connectivity index (χ2v) is 8.77. The third kappa shape index (κ3) is 4.51. The summed E-state index contributed by atoms with van der Waals surface area (Å²) < 4.78 is 0. The topological polar surface area (TPSA) is 101 Å². The highest BCUT2D eigenvalue weighted by atomic mass is 35.5. The van der Waals surface area contributed by atoms with Gasteiger partial charge >= 0.3 is 0 Å². The number of hydrogen-bond donors (Lipinski definition) is 3. The summed E-state index contributed by atoms with van der Waals surface area (Å²) in [6, 6.07) is 22.1. The van der Waals surface area contributed by atoms with Gasteiger partial charge in [0.25, 0.3) is 0 Å². The molecule has 4 N–H and O–H groups in total. The number of halogens is 1. The molecule has 5 rings (SSSR count). The molecule has 0 bridgehead atoms. The molecule has 6 nitrogen and oxygen atoms in total. The van der Waals surface area contributed by atoms with Crippen LogP contribution < -0.4 is 11.1 Å². The van der Waals surface area contributed by atoms with E-state index in [0.29, 0.717) is 34.1 Å². The summed E-state index contributed by atoms with van der Waals surface area (Å²) in [6.07, 6.45) is 0.546. The first-order valence-corrected chi connectivity index (χ1v) is 11.4. The molecule has 1 unspecified atom stereocenters. The van der Waals surface area contributed by atoms with Gasteiger partial charge in [0.05, 0.1) is 17.8 Å². The minimum absolute atomic E-state index is 0.152. The zero-order valence-electron chi connectivity index (χ0n) is 18.3. The van der Waals surface area contributed by atoms with Crippen LogP contribution in [-0.4, -0.2) is 21.0 Å². The number of amides is 1. The SMILES string of the molecule is Nc1ccc2c(c1)CCc1nc(NC(=O)Cc3ccc(Cl)cc3)c(C(O)c3ccccc3)nc1-2. The van der Waals surface area contributed by atoms with Crippen molar-refractivity contribution in [1.29, 1.82) is 0 Å². The van der Waals surface area contributed by atoms with E-state index in [1.807, 2.05) is 60.7 Å². The first-order valence-electron chi connectivity index (χ1n) is 11.0. The number of benzene rings is 3. The van der Waals surface area contributed by atoms with Gasteiger partial charge in [0.15, 0.2) is 5.82 Å². The standard InChI is InChI=1S/C27H23ClN4O2/c28-19-9-6-16(7-10-19)14-23(33)31-27-25(26(34)17-4-2-1-3-5-17)32-24-21-12-11-20(29)15-18(21)8-13-22(24)30-27/h1-7,9-12,15,26,34H,8,13-14,29H2,(H,30,31,33). The number of nitrogens with zero attached hydrogens (tertiary/aromatic N) is 2. The van der Waals surface area contributed by atoms with E-state index < -0.39 is 6.10 Å². The fourth-order valence-corrected chi connectivity index (χ4v) is 4.34. The van der Waals surface area contributed by atoms with Gasteiger partial charge in [0.1, 0.15) is 11.8 Å². The normalized spacial score (nSPS) is 13.0. The number of nitrogens with two attached hydrogens (primary N) is 1. The maximum absolute atomic E-state index is 12.9. The van der Waals surface area contributed by atoms with Crippen molar-refractivity contribution in [2.75, 3.05) is 11.1 Å². The number of anilines is 2. The quantitative estimate of drug-likeness (QED) is 0.366. The number of hydrogen-bond acceptors (Lipinski definition) is 5. The number of carbonyl (C=O) groups is 1. The molecule has 0 saturated carbocycles. The Morgan fingerprint density at radius 3 is 2.56 bits per heavy atom. The predicted octanol–water partition coefficient (Wildman–Crippen LogP) is 4.74. The van der Waals surface area contributed by atoms with Crippen LogP contribution in [0, 0.1) is 0 Å². The molecule has 3 aromatic carbocycles. The van der Waals surface area contributed by atoms with Crippen molar-refractivity contribution in [3.8, 4) is 11.3 Å². The Morgan fingerprint density at radius 2 is 1.79 bits per heavy atom. The highest BCUT2D eigenvalue weighted by molar-refractivity contribution is 6.30. The molecule has 0 fully saturated rings. The number of nitrogens with one attached hydrogen (secondary N) is 1. The van der Waals surface area contributed by atoms with E-state index in [0.717, 1.165) is 28.8 Å². The molecule has 1 atom stereocenters. The highest BCUT2D eigenvalue weighted by Gasteiger charge is 2.26. The van der Waals surface area contributed by atoms with Crippen molar-refractivity contribution in [2.45, 2.75) is 25.4 Å². The lowest BCUT2D eigenvalue weighted by Crippen LogP contribution is -2.21. The smallest absolute Gasteiger partial charge is 0.229 e. The average molecular weight is 471 g/mol. The Hall–Kier alpha value is -3.74. The van der Waals surface area contributed by atoms with Gasteiger partial charge in [0.2, 0.25) is 5.91 Å². The number of carbonyl (C=O) groups excluding carboxylic acids is 1. The molecule has 7 heteroatoms. The lowest BCUT2D eigenvalue weighted by Gasteiger charge is -2.23. The molecule has 1 heterocycles. The van der Waals surface area contributed by atoms with Gasteiger partial charge in [-0.05, 0) is 53.8 Å². The van der Waals surface area contributed by atoms with Crippen molar-refractivity contribution < 1.29 is 9.90 Å². The van der Waals surface area contributed by atoms with Gasteiger partial charge in [-0.25, -0.2) is 9.97 Å². The van der Waals surface area contributed by atoms with Gasteiger partial charge in [0, 0.05) is 16.3 Å². The molecule has 1 aromatic heterocycles. The Labute approximate surface area is 202 Å². The molecule has 0 saturated heterocycles. The fraction of sp³-hybridized carbons (Fsp3) is 0.148. The lowest BCUT2D eigenvalue weighted by molar-refractivity contribution is -0.115. The second kappa shape index (κ2) is 9.25. The van der Waals surface area contributed by atoms with E-state index in [4.69, 9.17) is 27.3 Å². The molecule has 34 heavy (non-hydrogen) atoms. The number of aromatic nitrogens is 2. The van der Waals surface area contributed by atoms with Crippen LogP contribution in [0.25, 0.3) is 11.3 Å². The lowest BCUT2D eigenvalue weighted by atomic mass is 9.91. The van der Waals surface area contributed by atoms with Crippen LogP contribution in [0.3, 0.4) is 0 Å². The van der Waals surface area contributed by atoms with Gasteiger partial charge < -0.3 is 16.2 Å². The van der Waals surface area contributed by atoms with Gasteiger partial charge in [-0.2, -0.15) is 0 Å². The van der Waals surface area contributed by atoms with Crippen LogP contribution in [0.2, 0.25) is 5.02 Å². The third-order valence-electron chi connectivity index (χ3n) is 5.92. The molecule has 170 valence electrons. The summed E-state index contributed by atoms with van der Waals surface area (Å²) in [4.78, 5) is 22.5. The molecule has 4 aromatic rings. The number of rotatable bonds is 5. The molecular formula is C27H23ClN4O2. The van der Waals surface area contributed by atoms with Crippen molar-refractivity contribution in [3.63, 3.8) is 0 Å². The number of aryl methyl sites for hydroxylation is 2.